The number of nitrogens with zero attached hydrogens (tertiary/aromatic N) is 1. The Morgan fingerprint density at radius 2 is 2.21 bits per heavy atom. The Kier molecular flexibility index (Phi) is 7.44. The first-order valence-electron chi connectivity index (χ1n) is 8.82. The monoisotopic (exact) mass is 427 g/mol. The SMILES string of the molecule is O=C(COc1ncccc1Cl)NC[C@@H]1CNCCO[C@H]1c1ccc(Cl)c(F)c1. The van der Waals surface area contributed by atoms with Gasteiger partial charge in [0.2, 0.25) is 5.88 Å². The molecular formula is C19H20Cl2FN3O3. The van der Waals surface area contributed by atoms with E-state index in [1.807, 2.05) is 0 Å². The molecule has 0 spiro atoms. The number of aromatic nitrogens is 1. The van der Waals surface area contributed by atoms with Crippen molar-refractivity contribution in [3.05, 3.63) is 58.0 Å². The lowest BCUT2D eigenvalue weighted by Crippen LogP contribution is -2.38. The molecule has 1 amide bonds. The van der Waals surface area contributed by atoms with E-state index >= 15 is 0 Å². The summed E-state index contributed by atoms with van der Waals surface area (Å²) in [5.41, 5.74) is 0.682. The van der Waals surface area contributed by atoms with Crippen LogP contribution in [-0.4, -0.2) is 43.7 Å². The molecule has 1 aliphatic rings. The lowest BCUT2D eigenvalue weighted by molar-refractivity contribution is -0.123. The predicted octanol–water partition coefficient (Wildman–Crippen LogP) is 3.00. The van der Waals surface area contributed by atoms with Crippen molar-refractivity contribution in [2.45, 2.75) is 6.10 Å². The number of hydrogen-bond acceptors (Lipinski definition) is 5. The number of carbonyl (C=O) groups excluding carboxylic acids is 1. The van der Waals surface area contributed by atoms with Crippen molar-refractivity contribution in [1.82, 2.24) is 15.6 Å². The van der Waals surface area contributed by atoms with Gasteiger partial charge in [-0.1, -0.05) is 29.3 Å². The first kappa shape index (κ1) is 20.8. The summed E-state index contributed by atoms with van der Waals surface area (Å²) in [5.74, 6) is -0.700. The van der Waals surface area contributed by atoms with Crippen LogP contribution in [0.2, 0.25) is 10.0 Å². The molecule has 9 heteroatoms. The molecule has 0 aliphatic carbocycles. The minimum Gasteiger partial charge on any atom is -0.467 e. The molecule has 2 atom stereocenters. The van der Waals surface area contributed by atoms with Gasteiger partial charge in [0, 0.05) is 31.7 Å². The summed E-state index contributed by atoms with van der Waals surface area (Å²) in [4.78, 5) is 16.1. The smallest absolute Gasteiger partial charge is 0.258 e. The van der Waals surface area contributed by atoms with Crippen LogP contribution in [0.4, 0.5) is 4.39 Å². The highest BCUT2D eigenvalue weighted by atomic mass is 35.5. The fourth-order valence-electron chi connectivity index (χ4n) is 2.93. The molecule has 0 bridgehead atoms. The number of nitrogens with one attached hydrogen (secondary N) is 2. The predicted molar refractivity (Wildman–Crippen MR) is 104 cm³/mol. The largest absolute Gasteiger partial charge is 0.467 e. The number of pyridine rings is 1. The second kappa shape index (κ2) is 10.0. The van der Waals surface area contributed by atoms with Crippen molar-refractivity contribution < 1.29 is 18.7 Å². The van der Waals surface area contributed by atoms with E-state index in [9.17, 15) is 9.18 Å². The number of amides is 1. The molecule has 1 fully saturated rings. The molecule has 0 unspecified atom stereocenters. The highest BCUT2D eigenvalue weighted by molar-refractivity contribution is 6.31. The average Bonchev–Trinajstić information content (AvgIpc) is 2.93. The van der Waals surface area contributed by atoms with E-state index in [2.05, 4.69) is 15.6 Å². The maximum atomic E-state index is 13.9. The van der Waals surface area contributed by atoms with Gasteiger partial charge in [0.25, 0.3) is 5.91 Å². The van der Waals surface area contributed by atoms with E-state index in [0.717, 1.165) is 0 Å². The Morgan fingerprint density at radius 1 is 1.36 bits per heavy atom. The number of rotatable bonds is 6. The maximum Gasteiger partial charge on any atom is 0.258 e. The number of carbonyl (C=O) groups is 1. The lowest BCUT2D eigenvalue weighted by Gasteiger charge is -2.25. The molecule has 1 aromatic carbocycles. The zero-order chi connectivity index (χ0) is 19.9. The van der Waals surface area contributed by atoms with Crippen molar-refractivity contribution >= 4 is 29.1 Å². The van der Waals surface area contributed by atoms with Crippen LogP contribution in [-0.2, 0) is 9.53 Å². The van der Waals surface area contributed by atoms with Gasteiger partial charge >= 0.3 is 0 Å². The van der Waals surface area contributed by atoms with E-state index < -0.39 is 5.82 Å². The summed E-state index contributed by atoms with van der Waals surface area (Å²) >= 11 is 11.7. The lowest BCUT2D eigenvalue weighted by atomic mass is 9.95. The zero-order valence-corrected chi connectivity index (χ0v) is 16.5. The van der Waals surface area contributed by atoms with Crippen molar-refractivity contribution in [2.24, 2.45) is 5.92 Å². The van der Waals surface area contributed by atoms with Crippen LogP contribution in [0.5, 0.6) is 5.88 Å². The number of halogens is 3. The van der Waals surface area contributed by atoms with Crippen LogP contribution in [0.15, 0.2) is 36.5 Å². The topological polar surface area (TPSA) is 72.5 Å². The maximum absolute atomic E-state index is 13.9. The molecule has 2 aromatic rings. The quantitative estimate of drug-likeness (QED) is 0.741. The second-order valence-electron chi connectivity index (χ2n) is 6.31. The van der Waals surface area contributed by atoms with Gasteiger partial charge in [0.15, 0.2) is 6.61 Å². The Bertz CT molecular complexity index is 825. The minimum atomic E-state index is -0.497. The van der Waals surface area contributed by atoms with E-state index in [1.165, 1.54) is 18.3 Å². The van der Waals surface area contributed by atoms with Crippen molar-refractivity contribution in [3.8, 4) is 5.88 Å². The second-order valence-corrected chi connectivity index (χ2v) is 7.13. The van der Waals surface area contributed by atoms with Crippen LogP contribution >= 0.6 is 23.2 Å². The third kappa shape index (κ3) is 5.54. The van der Waals surface area contributed by atoms with E-state index in [-0.39, 0.29) is 35.4 Å². The van der Waals surface area contributed by atoms with Crippen LogP contribution in [0.25, 0.3) is 0 Å². The van der Waals surface area contributed by atoms with Gasteiger partial charge in [0.05, 0.1) is 17.7 Å². The Balaban J connectivity index is 1.59. The van der Waals surface area contributed by atoms with E-state index in [0.29, 0.717) is 36.8 Å². The third-order valence-corrected chi connectivity index (χ3v) is 4.90. The molecule has 1 aliphatic heterocycles. The molecule has 2 N–H and O–H groups in total. The van der Waals surface area contributed by atoms with Crippen LogP contribution in [0, 0.1) is 11.7 Å². The Hall–Kier alpha value is -1.93. The molecule has 1 saturated heterocycles. The molecule has 6 nitrogen and oxygen atoms in total. The highest BCUT2D eigenvalue weighted by Crippen LogP contribution is 2.29. The number of ether oxygens (including phenoxy) is 2. The third-order valence-electron chi connectivity index (χ3n) is 4.31. The van der Waals surface area contributed by atoms with Gasteiger partial charge in [-0.2, -0.15) is 0 Å². The highest BCUT2D eigenvalue weighted by Gasteiger charge is 2.27. The molecule has 3 rings (SSSR count). The van der Waals surface area contributed by atoms with Gasteiger partial charge < -0.3 is 20.1 Å². The van der Waals surface area contributed by atoms with Gasteiger partial charge in [0.1, 0.15) is 10.8 Å². The van der Waals surface area contributed by atoms with Crippen LogP contribution in [0.3, 0.4) is 0 Å². The summed E-state index contributed by atoms with van der Waals surface area (Å²) in [6.45, 7) is 1.90. The molecule has 2 heterocycles. The van der Waals surface area contributed by atoms with Gasteiger partial charge in [-0.05, 0) is 29.8 Å². The Labute approximate surface area is 172 Å². The van der Waals surface area contributed by atoms with E-state index in [1.54, 1.807) is 18.2 Å². The summed E-state index contributed by atoms with van der Waals surface area (Å²) in [7, 11) is 0. The first-order chi connectivity index (χ1) is 13.5. The van der Waals surface area contributed by atoms with Gasteiger partial charge in [-0.3, -0.25) is 4.79 Å². The fraction of sp³-hybridized carbons (Fsp3) is 0.368. The summed E-state index contributed by atoms with van der Waals surface area (Å²) < 4.78 is 25.1. The van der Waals surface area contributed by atoms with Crippen LogP contribution < -0.4 is 15.4 Å². The standard InChI is InChI=1S/C19H20Cl2FN3O3/c20-14-4-3-12(8-16(14)22)18-13(9-23-6-7-27-18)10-25-17(26)11-28-19-15(21)2-1-5-24-19/h1-5,8,13,18,23H,6-7,9-11H2,(H,25,26)/t13-,18-/m0/s1. The molecule has 150 valence electrons. The molecule has 1 aromatic heterocycles. The van der Waals surface area contributed by atoms with Gasteiger partial charge in [-0.15, -0.1) is 0 Å². The van der Waals surface area contributed by atoms with E-state index in [4.69, 9.17) is 32.7 Å². The Morgan fingerprint density at radius 3 is 3.00 bits per heavy atom. The summed E-state index contributed by atoms with van der Waals surface area (Å²) in [6, 6.07) is 7.93. The van der Waals surface area contributed by atoms with Crippen molar-refractivity contribution in [2.75, 3.05) is 32.8 Å². The minimum absolute atomic E-state index is 0.0608. The fourth-order valence-corrected chi connectivity index (χ4v) is 3.23. The molecule has 0 saturated carbocycles. The van der Waals surface area contributed by atoms with Gasteiger partial charge in [-0.25, -0.2) is 9.37 Å². The molecule has 28 heavy (non-hydrogen) atoms. The average molecular weight is 428 g/mol. The zero-order valence-electron chi connectivity index (χ0n) is 15.0. The van der Waals surface area contributed by atoms with Crippen LogP contribution in [0.1, 0.15) is 11.7 Å². The number of hydrogen-bond donors (Lipinski definition) is 2. The van der Waals surface area contributed by atoms with Crippen molar-refractivity contribution in [3.63, 3.8) is 0 Å². The molecular weight excluding hydrogens is 408 g/mol. The summed E-state index contributed by atoms with van der Waals surface area (Å²) in [5, 5.41) is 6.47. The number of benzene rings is 1. The first-order valence-corrected chi connectivity index (χ1v) is 9.57. The van der Waals surface area contributed by atoms with Crippen molar-refractivity contribution in [1.29, 1.82) is 0 Å². The normalized spacial score (nSPS) is 19.7. The molecule has 0 radical (unpaired) electrons. The summed E-state index contributed by atoms with van der Waals surface area (Å²) in [6.07, 6.45) is 1.16.